The van der Waals surface area contributed by atoms with Crippen LogP contribution in [0.25, 0.3) is 22.8 Å². The molecule has 0 N–H and O–H groups in total. The van der Waals surface area contributed by atoms with Gasteiger partial charge in [0.2, 0.25) is 0 Å². The first-order valence-corrected chi connectivity index (χ1v) is 9.41. The van der Waals surface area contributed by atoms with Crippen LogP contribution in [0.1, 0.15) is 5.56 Å². The van der Waals surface area contributed by atoms with Gasteiger partial charge >= 0.3 is 5.97 Å². The van der Waals surface area contributed by atoms with Crippen LogP contribution in [0.2, 0.25) is 0 Å². The molecular weight excluding hydrogens is 352 g/mol. The number of nitrogens with zero attached hydrogens (tertiary/aromatic N) is 4. The number of aromatic nitrogens is 2. The van der Waals surface area contributed by atoms with Crippen LogP contribution in [-0.4, -0.2) is 60.8 Å². The quantitative estimate of drug-likeness (QED) is 0.518. The summed E-state index contributed by atoms with van der Waals surface area (Å²) in [6, 6.07) is 14.6. The van der Waals surface area contributed by atoms with Gasteiger partial charge in [0.05, 0.1) is 18.1 Å². The summed E-state index contributed by atoms with van der Waals surface area (Å²) in [4.78, 5) is 20.6. The lowest BCUT2D eigenvalue weighted by atomic mass is 10.1. The van der Waals surface area contributed by atoms with Gasteiger partial charge in [0.25, 0.3) is 0 Å². The molecule has 144 valence electrons. The number of rotatable bonds is 4. The zero-order valence-corrected chi connectivity index (χ0v) is 16.2. The molecular formula is C22H24N4O2. The number of carbonyl (C=O) groups excluding carboxylic acids is 1. The predicted molar refractivity (Wildman–Crippen MR) is 112 cm³/mol. The van der Waals surface area contributed by atoms with Crippen molar-refractivity contribution in [2.45, 2.75) is 0 Å². The van der Waals surface area contributed by atoms with Gasteiger partial charge in [-0.3, -0.25) is 4.57 Å². The monoisotopic (exact) mass is 376 g/mol. The van der Waals surface area contributed by atoms with E-state index in [4.69, 9.17) is 0 Å². The predicted octanol–water partition coefficient (Wildman–Crippen LogP) is 2.96. The van der Waals surface area contributed by atoms with Crippen molar-refractivity contribution in [3.63, 3.8) is 0 Å². The van der Waals surface area contributed by atoms with E-state index in [-0.39, 0.29) is 5.97 Å². The smallest absolute Gasteiger partial charge is 0.330 e. The third-order valence-corrected chi connectivity index (χ3v) is 5.16. The molecule has 0 unspecified atom stereocenters. The number of methoxy groups -OCH3 is 1. The van der Waals surface area contributed by atoms with Gasteiger partial charge in [-0.1, -0.05) is 12.1 Å². The minimum absolute atomic E-state index is 0.369. The molecule has 4 rings (SSSR count). The van der Waals surface area contributed by atoms with Crippen molar-refractivity contribution in [3.8, 4) is 5.69 Å². The Labute approximate surface area is 164 Å². The van der Waals surface area contributed by atoms with Gasteiger partial charge in [0, 0.05) is 43.6 Å². The molecule has 1 saturated heterocycles. The lowest BCUT2D eigenvalue weighted by Gasteiger charge is -2.34. The number of fused-ring (bicyclic) bond motifs is 1. The molecule has 0 saturated carbocycles. The maximum atomic E-state index is 11.3. The molecule has 0 aliphatic carbocycles. The number of anilines is 1. The Kier molecular flexibility index (Phi) is 5.12. The number of piperazine rings is 1. The van der Waals surface area contributed by atoms with E-state index in [0.29, 0.717) is 0 Å². The highest BCUT2D eigenvalue weighted by molar-refractivity contribution is 5.88. The summed E-state index contributed by atoms with van der Waals surface area (Å²) < 4.78 is 6.74. The average molecular weight is 376 g/mol. The summed E-state index contributed by atoms with van der Waals surface area (Å²) in [6.45, 7) is 4.25. The largest absolute Gasteiger partial charge is 0.466 e. The summed E-state index contributed by atoms with van der Waals surface area (Å²) in [7, 11) is 3.54. The number of esters is 1. The standard InChI is InChI=1S/C22H24N4O2/c1-24-10-12-25(13-11-24)18-4-3-5-19(15-18)26-16-23-20-14-17(6-8-21(20)26)7-9-22(27)28-2/h3-9,14-16H,10-13H2,1-2H3. The summed E-state index contributed by atoms with van der Waals surface area (Å²) >= 11 is 0. The van der Waals surface area contributed by atoms with Gasteiger partial charge in [0.15, 0.2) is 0 Å². The molecule has 6 nitrogen and oxygen atoms in total. The molecule has 1 aliphatic rings. The fourth-order valence-electron chi connectivity index (χ4n) is 3.48. The highest BCUT2D eigenvalue weighted by Crippen LogP contribution is 2.24. The third-order valence-electron chi connectivity index (χ3n) is 5.16. The number of hydrogen-bond donors (Lipinski definition) is 0. The zero-order chi connectivity index (χ0) is 19.5. The minimum atomic E-state index is -0.369. The van der Waals surface area contributed by atoms with Crippen LogP contribution in [0.5, 0.6) is 0 Å². The molecule has 0 radical (unpaired) electrons. The Hall–Kier alpha value is -3.12. The van der Waals surface area contributed by atoms with Gasteiger partial charge in [-0.25, -0.2) is 9.78 Å². The summed E-state index contributed by atoms with van der Waals surface area (Å²) in [6.07, 6.45) is 5.00. The molecule has 2 aromatic carbocycles. The van der Waals surface area contributed by atoms with E-state index in [0.717, 1.165) is 48.5 Å². The SMILES string of the molecule is COC(=O)C=Cc1ccc2c(c1)ncn2-c1cccc(N2CCN(C)CC2)c1. The van der Waals surface area contributed by atoms with Crippen LogP contribution < -0.4 is 4.90 Å². The first-order chi connectivity index (χ1) is 13.6. The van der Waals surface area contributed by atoms with E-state index in [2.05, 4.69) is 55.4 Å². The summed E-state index contributed by atoms with van der Waals surface area (Å²) in [5.74, 6) is -0.369. The number of ether oxygens (including phenoxy) is 1. The first-order valence-electron chi connectivity index (χ1n) is 9.41. The second kappa shape index (κ2) is 7.86. The second-order valence-corrected chi connectivity index (χ2v) is 7.03. The van der Waals surface area contributed by atoms with E-state index in [1.807, 2.05) is 24.5 Å². The maximum Gasteiger partial charge on any atom is 0.330 e. The Bertz CT molecular complexity index is 1020. The van der Waals surface area contributed by atoms with Gasteiger partial charge in [-0.2, -0.15) is 0 Å². The molecule has 1 aromatic heterocycles. The van der Waals surface area contributed by atoms with Crippen LogP contribution in [0.4, 0.5) is 5.69 Å². The van der Waals surface area contributed by atoms with Gasteiger partial charge < -0.3 is 14.5 Å². The van der Waals surface area contributed by atoms with Crippen molar-refractivity contribution < 1.29 is 9.53 Å². The molecule has 0 amide bonds. The van der Waals surface area contributed by atoms with E-state index >= 15 is 0 Å². The fraction of sp³-hybridized carbons (Fsp3) is 0.273. The van der Waals surface area contributed by atoms with E-state index in [9.17, 15) is 4.79 Å². The number of benzene rings is 2. The van der Waals surface area contributed by atoms with Crippen molar-refractivity contribution in [2.75, 3.05) is 45.2 Å². The molecule has 28 heavy (non-hydrogen) atoms. The van der Waals surface area contributed by atoms with Crippen molar-refractivity contribution in [1.29, 1.82) is 0 Å². The molecule has 6 heteroatoms. The van der Waals surface area contributed by atoms with Gasteiger partial charge in [0.1, 0.15) is 6.33 Å². The molecule has 1 fully saturated rings. The number of carbonyl (C=O) groups is 1. The van der Waals surface area contributed by atoms with Crippen LogP contribution in [0.3, 0.4) is 0 Å². The van der Waals surface area contributed by atoms with E-state index in [1.165, 1.54) is 18.9 Å². The normalized spacial score (nSPS) is 15.4. The van der Waals surface area contributed by atoms with E-state index in [1.54, 1.807) is 6.08 Å². The van der Waals surface area contributed by atoms with Gasteiger partial charge in [-0.15, -0.1) is 0 Å². The van der Waals surface area contributed by atoms with Crippen LogP contribution in [0, 0.1) is 0 Å². The molecule has 2 heterocycles. The lowest BCUT2D eigenvalue weighted by molar-refractivity contribution is -0.134. The highest BCUT2D eigenvalue weighted by atomic mass is 16.5. The van der Waals surface area contributed by atoms with Crippen LogP contribution in [0.15, 0.2) is 54.9 Å². The molecule has 3 aromatic rings. The van der Waals surface area contributed by atoms with Gasteiger partial charge in [-0.05, 0) is 49.0 Å². The number of likely N-dealkylation sites (N-methyl/N-ethyl adjacent to an activating group) is 1. The topological polar surface area (TPSA) is 50.6 Å². The number of hydrogen-bond acceptors (Lipinski definition) is 5. The Morgan fingerprint density at radius 1 is 1.07 bits per heavy atom. The lowest BCUT2D eigenvalue weighted by Crippen LogP contribution is -2.44. The molecule has 0 spiro atoms. The molecule has 0 atom stereocenters. The van der Waals surface area contributed by atoms with Crippen LogP contribution >= 0.6 is 0 Å². The Balaban J connectivity index is 1.62. The van der Waals surface area contributed by atoms with E-state index < -0.39 is 0 Å². The fourth-order valence-corrected chi connectivity index (χ4v) is 3.48. The number of imidazole rings is 1. The maximum absolute atomic E-state index is 11.3. The van der Waals surface area contributed by atoms with Crippen molar-refractivity contribution >= 4 is 28.8 Å². The first kappa shape index (κ1) is 18.3. The molecule has 0 bridgehead atoms. The van der Waals surface area contributed by atoms with Crippen molar-refractivity contribution in [2.24, 2.45) is 0 Å². The highest BCUT2D eigenvalue weighted by Gasteiger charge is 2.15. The van der Waals surface area contributed by atoms with Crippen molar-refractivity contribution in [1.82, 2.24) is 14.5 Å². The Morgan fingerprint density at radius 3 is 2.64 bits per heavy atom. The van der Waals surface area contributed by atoms with Crippen molar-refractivity contribution in [3.05, 3.63) is 60.4 Å². The molecule has 1 aliphatic heterocycles. The Morgan fingerprint density at radius 2 is 1.86 bits per heavy atom. The zero-order valence-electron chi connectivity index (χ0n) is 16.2. The minimum Gasteiger partial charge on any atom is -0.466 e. The van der Waals surface area contributed by atoms with Crippen LogP contribution in [-0.2, 0) is 9.53 Å². The summed E-state index contributed by atoms with van der Waals surface area (Å²) in [5, 5.41) is 0. The average Bonchev–Trinajstić information content (AvgIpc) is 3.16. The summed E-state index contributed by atoms with van der Waals surface area (Å²) in [5.41, 5.74) is 5.17. The second-order valence-electron chi connectivity index (χ2n) is 7.03. The third kappa shape index (κ3) is 3.77.